The van der Waals surface area contributed by atoms with Crippen molar-refractivity contribution in [3.8, 4) is 16.9 Å². The molecule has 8 heterocycles. The van der Waals surface area contributed by atoms with E-state index in [0.717, 1.165) is 105 Å². The van der Waals surface area contributed by atoms with Gasteiger partial charge in [-0.15, -0.1) is 0 Å². The molecule has 0 saturated carbocycles. The van der Waals surface area contributed by atoms with Crippen molar-refractivity contribution in [1.82, 2.24) is 49.8 Å². The van der Waals surface area contributed by atoms with Crippen molar-refractivity contribution in [2.45, 2.75) is 83.0 Å². The summed E-state index contributed by atoms with van der Waals surface area (Å²) in [6, 6.07) is 7.54. The van der Waals surface area contributed by atoms with E-state index in [4.69, 9.17) is 9.84 Å². The van der Waals surface area contributed by atoms with Gasteiger partial charge in [0.1, 0.15) is 18.4 Å². The van der Waals surface area contributed by atoms with Crippen LogP contribution in [-0.4, -0.2) is 146 Å². The van der Waals surface area contributed by atoms with E-state index in [2.05, 4.69) is 35.1 Å². The van der Waals surface area contributed by atoms with Crippen LogP contribution in [-0.2, 0) is 40.8 Å². The van der Waals surface area contributed by atoms with Gasteiger partial charge in [0, 0.05) is 120 Å². The van der Waals surface area contributed by atoms with Crippen molar-refractivity contribution in [2.75, 3.05) is 70.4 Å². The third-order valence-corrected chi connectivity index (χ3v) is 14.2. The van der Waals surface area contributed by atoms with Crippen molar-refractivity contribution in [2.24, 2.45) is 7.05 Å². The number of likely N-dealkylation sites (tertiary alicyclic amines) is 1. The Bertz CT molecular complexity index is 2590. The first-order valence-electron chi connectivity index (χ1n) is 23.1. The van der Waals surface area contributed by atoms with Crippen LogP contribution in [0.5, 0.6) is 5.75 Å². The molecule has 4 aromatic rings. The number of aryl methyl sites for hydroxylation is 2. The topological polar surface area (TPSA) is 170 Å². The van der Waals surface area contributed by atoms with Gasteiger partial charge in [0.2, 0.25) is 17.7 Å². The van der Waals surface area contributed by atoms with Crippen LogP contribution in [0.1, 0.15) is 94.6 Å². The molecule has 19 heteroatoms. The summed E-state index contributed by atoms with van der Waals surface area (Å²) in [7, 11) is 1.78. The number of nitrogens with one attached hydrogen (secondary N) is 2. The average molecular weight is 908 g/mol. The lowest BCUT2D eigenvalue weighted by Gasteiger charge is -2.37. The summed E-state index contributed by atoms with van der Waals surface area (Å²) in [5.41, 5.74) is 5.34. The molecule has 348 valence electrons. The second kappa shape index (κ2) is 18.0. The predicted octanol–water partition coefficient (Wildman–Crippen LogP) is 3.60. The SMILES string of the molecule is CC(=O)N1CCc2c(c(N3CCCc4cc(-c5cnn(C)c5)c(C(F)F)cc43)nn2C2CCN(CCN3CCNC(COc4cccc5c4C(=O)N(C4CCC(=O)NC4=O)C5=O)C3)CC2)C1. The highest BCUT2D eigenvalue weighted by atomic mass is 19.3. The zero-order chi connectivity index (χ0) is 45.8. The first-order valence-corrected chi connectivity index (χ1v) is 23.1. The van der Waals surface area contributed by atoms with Gasteiger partial charge in [-0.05, 0) is 67.5 Å². The molecule has 5 amide bonds. The lowest BCUT2D eigenvalue weighted by molar-refractivity contribution is -0.136. The fraction of sp³-hybridized carbons (Fsp3) is 0.511. The van der Waals surface area contributed by atoms with Gasteiger partial charge in [0.25, 0.3) is 18.2 Å². The molecule has 3 saturated heterocycles. The van der Waals surface area contributed by atoms with Crippen molar-refractivity contribution in [3.05, 3.63) is 76.2 Å². The summed E-state index contributed by atoms with van der Waals surface area (Å²) in [5.74, 6) is -1.18. The Morgan fingerprint density at radius 1 is 0.939 bits per heavy atom. The molecular weight excluding hydrogens is 853 g/mol. The van der Waals surface area contributed by atoms with Gasteiger partial charge in [-0.25, -0.2) is 8.78 Å². The lowest BCUT2D eigenvalue weighted by atomic mass is 9.92. The van der Waals surface area contributed by atoms with Gasteiger partial charge >= 0.3 is 0 Å². The summed E-state index contributed by atoms with van der Waals surface area (Å²) in [6.07, 6.45) is 4.96. The van der Waals surface area contributed by atoms with Gasteiger partial charge in [0.15, 0.2) is 5.82 Å². The Kier molecular flexibility index (Phi) is 11.9. The van der Waals surface area contributed by atoms with E-state index in [1.165, 1.54) is 0 Å². The van der Waals surface area contributed by atoms with Crippen LogP contribution < -0.4 is 20.3 Å². The number of carbonyl (C=O) groups excluding carboxylic acids is 5. The molecule has 66 heavy (non-hydrogen) atoms. The first kappa shape index (κ1) is 43.8. The third kappa shape index (κ3) is 8.25. The van der Waals surface area contributed by atoms with Crippen LogP contribution in [0, 0.1) is 0 Å². The molecule has 0 aliphatic carbocycles. The van der Waals surface area contributed by atoms with Gasteiger partial charge in [-0.1, -0.05) is 6.07 Å². The summed E-state index contributed by atoms with van der Waals surface area (Å²) in [5, 5.41) is 15.3. The van der Waals surface area contributed by atoms with E-state index >= 15 is 0 Å². The maximum atomic E-state index is 14.7. The standard InChI is InChI=1S/C47H55F2N11O6/c1-28(61)57-17-12-37-36(26-57)44(58-14-4-5-29-21-34(30-23-51-54(2)24-30)35(43(48)49)22-39(29)58)53-60(37)32-10-15-55(16-11-32)19-20-56-18-13-50-31(25-56)27-66-40-7-3-6-33-42(40)47(65)59(46(33)64)38-8-9-41(62)52-45(38)63/h3,6-7,21-24,31-32,38,43,50H,4-5,8-20,25-27H2,1-2H3,(H,52,62,63). The normalized spacial score (nSPS) is 21.9. The number of alkyl halides is 2. The largest absolute Gasteiger partial charge is 0.491 e. The zero-order valence-electron chi connectivity index (χ0n) is 37.3. The summed E-state index contributed by atoms with van der Waals surface area (Å²) >= 11 is 0. The summed E-state index contributed by atoms with van der Waals surface area (Å²) in [4.78, 5) is 73.7. The molecule has 17 nitrogen and oxygen atoms in total. The van der Waals surface area contributed by atoms with Crippen LogP contribution in [0.3, 0.4) is 0 Å². The molecule has 2 unspecified atom stereocenters. The average Bonchev–Trinajstić information content (AvgIpc) is 4.00. The number of anilines is 2. The van der Waals surface area contributed by atoms with Gasteiger partial charge < -0.3 is 24.8 Å². The van der Waals surface area contributed by atoms with E-state index in [1.807, 2.05) is 11.0 Å². The molecule has 6 aliphatic rings. The fourth-order valence-electron chi connectivity index (χ4n) is 10.7. The van der Waals surface area contributed by atoms with Gasteiger partial charge in [-0.2, -0.15) is 10.2 Å². The van der Waals surface area contributed by atoms with Crippen molar-refractivity contribution >= 4 is 41.0 Å². The van der Waals surface area contributed by atoms with Crippen LogP contribution in [0.2, 0.25) is 0 Å². The zero-order valence-corrected chi connectivity index (χ0v) is 37.3. The predicted molar refractivity (Wildman–Crippen MR) is 238 cm³/mol. The van der Waals surface area contributed by atoms with Crippen LogP contribution >= 0.6 is 0 Å². The van der Waals surface area contributed by atoms with Crippen LogP contribution in [0.15, 0.2) is 42.7 Å². The third-order valence-electron chi connectivity index (χ3n) is 14.2. The van der Waals surface area contributed by atoms with Crippen molar-refractivity contribution in [3.63, 3.8) is 0 Å². The highest BCUT2D eigenvalue weighted by Crippen LogP contribution is 2.44. The minimum atomic E-state index is -2.67. The molecule has 3 fully saturated rings. The molecule has 0 spiro atoms. The van der Waals surface area contributed by atoms with E-state index in [9.17, 15) is 32.8 Å². The number of piperazine rings is 1. The number of fused-ring (bicyclic) bond motifs is 3. The number of halogens is 2. The van der Waals surface area contributed by atoms with Crippen LogP contribution in [0.4, 0.5) is 20.3 Å². The monoisotopic (exact) mass is 907 g/mol. The second-order valence-corrected chi connectivity index (χ2v) is 18.4. The number of benzene rings is 2. The molecule has 2 N–H and O–H groups in total. The maximum absolute atomic E-state index is 14.7. The molecular formula is C47H55F2N11O6. The summed E-state index contributed by atoms with van der Waals surface area (Å²) < 4.78 is 39.5. The molecule has 6 aliphatic heterocycles. The minimum absolute atomic E-state index is 0.00441. The highest BCUT2D eigenvalue weighted by Gasteiger charge is 2.46. The molecule has 0 radical (unpaired) electrons. The molecule has 2 aromatic carbocycles. The number of ether oxygens (including phenoxy) is 1. The quantitative estimate of drug-likeness (QED) is 0.210. The smallest absolute Gasteiger partial charge is 0.266 e. The second-order valence-electron chi connectivity index (χ2n) is 18.4. The Morgan fingerprint density at radius 2 is 1.76 bits per heavy atom. The molecule has 2 aromatic heterocycles. The van der Waals surface area contributed by atoms with E-state index in [1.54, 1.807) is 55.3 Å². The Balaban J connectivity index is 0.779. The number of piperidine rings is 2. The number of carbonyl (C=O) groups is 5. The number of amides is 5. The Morgan fingerprint density at radius 3 is 2.52 bits per heavy atom. The molecule has 10 rings (SSSR count). The number of imide groups is 2. The number of hydrogen-bond acceptors (Lipinski definition) is 12. The fourth-order valence-corrected chi connectivity index (χ4v) is 10.7. The van der Waals surface area contributed by atoms with Gasteiger partial charge in [0.05, 0.1) is 36.0 Å². The molecule has 0 bridgehead atoms. The number of aromatic nitrogens is 4. The van der Waals surface area contributed by atoms with E-state index in [0.29, 0.717) is 42.9 Å². The van der Waals surface area contributed by atoms with Crippen molar-refractivity contribution in [1.29, 1.82) is 0 Å². The number of nitrogens with zero attached hydrogens (tertiary/aromatic N) is 9. The maximum Gasteiger partial charge on any atom is 0.266 e. The van der Waals surface area contributed by atoms with Crippen molar-refractivity contribution < 1.29 is 37.5 Å². The number of rotatable bonds is 11. The Hall–Kier alpha value is -6.05. The summed E-state index contributed by atoms with van der Waals surface area (Å²) in [6.45, 7) is 9.51. The number of hydrogen-bond donors (Lipinski definition) is 2. The van der Waals surface area contributed by atoms with Crippen LogP contribution in [0.25, 0.3) is 11.1 Å². The highest BCUT2D eigenvalue weighted by molar-refractivity contribution is 6.24. The first-order chi connectivity index (χ1) is 31.9. The van der Waals surface area contributed by atoms with E-state index in [-0.39, 0.29) is 54.1 Å². The lowest BCUT2D eigenvalue weighted by Crippen LogP contribution is -2.54. The van der Waals surface area contributed by atoms with Gasteiger partial charge in [-0.3, -0.25) is 48.5 Å². The Labute approximate surface area is 381 Å². The minimum Gasteiger partial charge on any atom is -0.491 e. The molecule has 2 atom stereocenters. The van der Waals surface area contributed by atoms with E-state index < -0.39 is 36.1 Å².